The van der Waals surface area contributed by atoms with Gasteiger partial charge in [-0.3, -0.25) is 0 Å². The molecule has 0 radical (unpaired) electrons. The largest absolute Gasteiger partial charge is 0.370 e. The lowest BCUT2D eigenvalue weighted by Crippen LogP contribution is -2.48. The minimum atomic E-state index is 0.161. The summed E-state index contributed by atoms with van der Waals surface area (Å²) in [5.74, 6) is 0.964. The Bertz CT molecular complexity index is 252. The number of hydrogen-bond donors (Lipinski definition) is 1. The summed E-state index contributed by atoms with van der Waals surface area (Å²) in [6.45, 7) is 6.78. The minimum Gasteiger partial charge on any atom is -0.370 e. The number of rotatable bonds is 8. The van der Waals surface area contributed by atoms with Gasteiger partial charge in [-0.1, -0.05) is 39.5 Å². The van der Waals surface area contributed by atoms with Gasteiger partial charge in [-0.05, 0) is 57.4 Å². The maximum absolute atomic E-state index is 6.65. The van der Waals surface area contributed by atoms with Crippen LogP contribution < -0.4 is 5.32 Å². The molecule has 2 aliphatic rings. The molecule has 0 bridgehead atoms. The third-order valence-electron chi connectivity index (χ3n) is 5.31. The summed E-state index contributed by atoms with van der Waals surface area (Å²) < 4.78 is 6.65. The van der Waals surface area contributed by atoms with E-state index in [1.165, 1.54) is 70.6 Å². The zero-order chi connectivity index (χ0) is 14.3. The van der Waals surface area contributed by atoms with Crippen molar-refractivity contribution in [3.8, 4) is 0 Å². The number of hydrogen-bond acceptors (Lipinski definition) is 2. The molecule has 2 rings (SSSR count). The molecule has 0 aromatic carbocycles. The van der Waals surface area contributed by atoms with Gasteiger partial charge in [0.2, 0.25) is 0 Å². The van der Waals surface area contributed by atoms with Crippen molar-refractivity contribution in [2.45, 2.75) is 96.2 Å². The van der Waals surface area contributed by atoms with Gasteiger partial charge in [0.15, 0.2) is 0 Å². The second kappa shape index (κ2) is 8.38. The van der Waals surface area contributed by atoms with Crippen LogP contribution in [0.1, 0.15) is 84.5 Å². The normalized spacial score (nSPS) is 31.8. The van der Waals surface area contributed by atoms with Crippen LogP contribution in [0.5, 0.6) is 0 Å². The number of ether oxygens (including phenoxy) is 1. The fourth-order valence-corrected chi connectivity index (χ4v) is 4.09. The van der Waals surface area contributed by atoms with Crippen molar-refractivity contribution in [1.29, 1.82) is 0 Å². The quantitative estimate of drug-likeness (QED) is 0.653. The zero-order valence-corrected chi connectivity index (χ0v) is 13.8. The van der Waals surface area contributed by atoms with Gasteiger partial charge in [0.05, 0.1) is 11.7 Å². The predicted octanol–water partition coefficient (Wildman–Crippen LogP) is 4.67. The Balaban J connectivity index is 1.86. The van der Waals surface area contributed by atoms with E-state index in [0.29, 0.717) is 6.10 Å². The summed E-state index contributed by atoms with van der Waals surface area (Å²) in [6, 6.07) is 0. The summed E-state index contributed by atoms with van der Waals surface area (Å²) in [6.07, 6.45) is 15.2. The van der Waals surface area contributed by atoms with E-state index < -0.39 is 0 Å². The Morgan fingerprint density at radius 1 is 1.00 bits per heavy atom. The first kappa shape index (κ1) is 16.3. The highest BCUT2D eigenvalue weighted by molar-refractivity contribution is 4.91. The van der Waals surface area contributed by atoms with Gasteiger partial charge < -0.3 is 10.1 Å². The number of nitrogens with one attached hydrogen (secondary N) is 1. The molecule has 2 fully saturated rings. The molecule has 0 aromatic rings. The molecule has 0 saturated heterocycles. The van der Waals surface area contributed by atoms with Crippen LogP contribution in [0.25, 0.3) is 0 Å². The van der Waals surface area contributed by atoms with Crippen molar-refractivity contribution < 1.29 is 4.74 Å². The molecule has 2 saturated carbocycles. The molecular formula is C18H35NO. The molecule has 1 N–H and O–H groups in total. The van der Waals surface area contributed by atoms with Crippen molar-refractivity contribution in [3.05, 3.63) is 0 Å². The second-order valence-corrected chi connectivity index (χ2v) is 7.12. The maximum atomic E-state index is 6.65. The first-order valence-corrected chi connectivity index (χ1v) is 9.16. The van der Waals surface area contributed by atoms with Crippen molar-refractivity contribution in [3.63, 3.8) is 0 Å². The Hall–Kier alpha value is -0.0800. The summed E-state index contributed by atoms with van der Waals surface area (Å²) in [7, 11) is 0. The molecule has 0 atom stereocenters. The van der Waals surface area contributed by atoms with Crippen LogP contribution in [0.3, 0.4) is 0 Å². The molecule has 0 aliphatic heterocycles. The Kier molecular flexibility index (Phi) is 6.83. The van der Waals surface area contributed by atoms with Crippen LogP contribution in [-0.4, -0.2) is 24.8 Å². The van der Waals surface area contributed by atoms with Crippen LogP contribution in [0.2, 0.25) is 0 Å². The highest BCUT2D eigenvalue weighted by Crippen LogP contribution is 2.39. The van der Waals surface area contributed by atoms with Gasteiger partial charge in [-0.25, -0.2) is 0 Å². The van der Waals surface area contributed by atoms with Gasteiger partial charge in [-0.2, -0.15) is 0 Å². The van der Waals surface area contributed by atoms with E-state index >= 15 is 0 Å². The fraction of sp³-hybridized carbons (Fsp3) is 1.00. The van der Waals surface area contributed by atoms with Crippen molar-refractivity contribution in [2.24, 2.45) is 5.92 Å². The van der Waals surface area contributed by atoms with Gasteiger partial charge in [0.1, 0.15) is 0 Å². The maximum Gasteiger partial charge on any atom is 0.0810 e. The lowest BCUT2D eigenvalue weighted by molar-refractivity contribution is -0.115. The van der Waals surface area contributed by atoms with Crippen LogP contribution >= 0.6 is 0 Å². The second-order valence-electron chi connectivity index (χ2n) is 7.12. The van der Waals surface area contributed by atoms with E-state index in [0.717, 1.165) is 19.0 Å². The Morgan fingerprint density at radius 3 is 2.30 bits per heavy atom. The molecule has 2 heteroatoms. The molecule has 118 valence electrons. The molecule has 0 aromatic heterocycles. The molecule has 2 nitrogen and oxygen atoms in total. The molecule has 2 aliphatic carbocycles. The molecular weight excluding hydrogens is 246 g/mol. The van der Waals surface area contributed by atoms with Crippen molar-refractivity contribution >= 4 is 0 Å². The van der Waals surface area contributed by atoms with Crippen molar-refractivity contribution in [1.82, 2.24) is 5.32 Å². The standard InChI is InChI=1S/C18H35NO/c1-3-7-16-10-12-18(13-11-16,15-19-14-4-2)20-17-8-5-6-9-17/h16-17,19H,3-15H2,1-2H3. The van der Waals surface area contributed by atoms with Crippen LogP contribution in [0.15, 0.2) is 0 Å². The monoisotopic (exact) mass is 281 g/mol. The average molecular weight is 281 g/mol. The summed E-state index contributed by atoms with van der Waals surface area (Å²) in [5.41, 5.74) is 0.161. The Labute approximate surface area is 126 Å². The summed E-state index contributed by atoms with van der Waals surface area (Å²) >= 11 is 0. The summed E-state index contributed by atoms with van der Waals surface area (Å²) in [5, 5.41) is 3.64. The lowest BCUT2D eigenvalue weighted by atomic mass is 9.77. The van der Waals surface area contributed by atoms with E-state index in [1.807, 2.05) is 0 Å². The highest BCUT2D eigenvalue weighted by atomic mass is 16.5. The molecule has 0 amide bonds. The average Bonchev–Trinajstić information content (AvgIpc) is 2.95. The smallest absolute Gasteiger partial charge is 0.0810 e. The van der Waals surface area contributed by atoms with Crippen LogP contribution in [0, 0.1) is 5.92 Å². The van der Waals surface area contributed by atoms with Crippen LogP contribution in [0.4, 0.5) is 0 Å². The third-order valence-corrected chi connectivity index (χ3v) is 5.31. The van der Waals surface area contributed by atoms with Gasteiger partial charge >= 0.3 is 0 Å². The lowest BCUT2D eigenvalue weighted by Gasteiger charge is -2.42. The highest BCUT2D eigenvalue weighted by Gasteiger charge is 2.38. The predicted molar refractivity (Wildman–Crippen MR) is 86.1 cm³/mol. The van der Waals surface area contributed by atoms with E-state index in [9.17, 15) is 0 Å². The molecule has 0 spiro atoms. The third kappa shape index (κ3) is 4.73. The van der Waals surface area contributed by atoms with E-state index in [4.69, 9.17) is 4.74 Å². The SMILES string of the molecule is CCCNCC1(OC2CCCC2)CCC(CCC)CC1. The van der Waals surface area contributed by atoms with E-state index in [1.54, 1.807) is 0 Å². The summed E-state index contributed by atoms with van der Waals surface area (Å²) in [4.78, 5) is 0. The van der Waals surface area contributed by atoms with Crippen LogP contribution in [-0.2, 0) is 4.74 Å². The van der Waals surface area contributed by atoms with Gasteiger partial charge in [0.25, 0.3) is 0 Å². The van der Waals surface area contributed by atoms with Gasteiger partial charge in [-0.15, -0.1) is 0 Å². The minimum absolute atomic E-state index is 0.161. The van der Waals surface area contributed by atoms with E-state index in [-0.39, 0.29) is 5.60 Å². The topological polar surface area (TPSA) is 21.3 Å². The molecule has 20 heavy (non-hydrogen) atoms. The first-order chi connectivity index (χ1) is 9.78. The fourth-order valence-electron chi connectivity index (χ4n) is 4.09. The molecule has 0 unspecified atom stereocenters. The Morgan fingerprint density at radius 2 is 1.70 bits per heavy atom. The van der Waals surface area contributed by atoms with Gasteiger partial charge in [0, 0.05) is 6.54 Å². The van der Waals surface area contributed by atoms with E-state index in [2.05, 4.69) is 19.2 Å². The zero-order valence-electron chi connectivity index (χ0n) is 13.8. The van der Waals surface area contributed by atoms with Crippen molar-refractivity contribution in [2.75, 3.05) is 13.1 Å². The molecule has 0 heterocycles. The first-order valence-electron chi connectivity index (χ1n) is 9.16.